The molecule has 2 aromatic carbocycles. The van der Waals surface area contributed by atoms with Crippen molar-refractivity contribution < 1.29 is 22.7 Å². The molecule has 2 N–H and O–H groups in total. The van der Waals surface area contributed by atoms with Gasteiger partial charge in [-0.15, -0.1) is 0 Å². The molecule has 0 saturated carbocycles. The van der Waals surface area contributed by atoms with E-state index in [-0.39, 0.29) is 17.1 Å². The molecule has 0 radical (unpaired) electrons. The van der Waals surface area contributed by atoms with E-state index in [0.717, 1.165) is 12.1 Å². The Morgan fingerprint density at radius 2 is 1.81 bits per heavy atom. The van der Waals surface area contributed by atoms with E-state index in [2.05, 4.69) is 5.32 Å². The molecule has 1 atom stereocenters. The third-order valence-corrected chi connectivity index (χ3v) is 4.20. The molecule has 136 valence electrons. The van der Waals surface area contributed by atoms with Gasteiger partial charge in [-0.25, -0.2) is 4.39 Å². The van der Waals surface area contributed by atoms with E-state index in [1.165, 1.54) is 43.3 Å². The first-order valence-corrected chi connectivity index (χ1v) is 7.83. The van der Waals surface area contributed by atoms with Crippen LogP contribution in [0.1, 0.15) is 23.6 Å². The van der Waals surface area contributed by atoms with E-state index < -0.39 is 28.7 Å². The Morgan fingerprint density at radius 1 is 1.19 bits per heavy atom. The summed E-state index contributed by atoms with van der Waals surface area (Å²) < 4.78 is 52.0. The van der Waals surface area contributed by atoms with E-state index in [1.54, 1.807) is 0 Å². The quantitative estimate of drug-likeness (QED) is 0.606. The van der Waals surface area contributed by atoms with Crippen molar-refractivity contribution in [3.05, 3.63) is 65.0 Å². The molecule has 2 rings (SSSR count). The topological polar surface area (TPSA) is 56.0 Å². The number of nitriles is 1. The van der Waals surface area contributed by atoms with E-state index in [4.69, 9.17) is 17.5 Å². The first kappa shape index (κ1) is 19.8. The van der Waals surface area contributed by atoms with Crippen LogP contribution in [0.4, 0.5) is 23.2 Å². The number of hydrogen-bond donors (Lipinski definition) is 2. The van der Waals surface area contributed by atoms with Crippen LogP contribution >= 0.6 is 12.2 Å². The predicted molar refractivity (Wildman–Crippen MR) is 93.1 cm³/mol. The zero-order valence-electron chi connectivity index (χ0n) is 13.6. The van der Waals surface area contributed by atoms with Gasteiger partial charge < -0.3 is 10.4 Å². The molecule has 2 aromatic rings. The van der Waals surface area contributed by atoms with Gasteiger partial charge in [-0.2, -0.15) is 18.4 Å². The second-order valence-corrected chi connectivity index (χ2v) is 6.31. The standard InChI is InChI=1S/C18H14F4N2OS/c1-17(25,9-11-2-5-13(19)6-3-11)16(26)24-14-7-4-12(10-23)15(8-14)18(20,21)22/h2-8,25H,9H2,1H3,(H,24,26). The Bertz CT molecular complexity index is 855. The van der Waals surface area contributed by atoms with Crippen molar-refractivity contribution in [1.29, 1.82) is 5.26 Å². The summed E-state index contributed by atoms with van der Waals surface area (Å²) in [6, 6.07) is 9.99. The van der Waals surface area contributed by atoms with Crippen molar-refractivity contribution in [2.75, 3.05) is 5.32 Å². The molecule has 26 heavy (non-hydrogen) atoms. The van der Waals surface area contributed by atoms with Crippen molar-refractivity contribution in [2.45, 2.75) is 25.1 Å². The lowest BCUT2D eigenvalue weighted by molar-refractivity contribution is -0.137. The average Bonchev–Trinajstić information content (AvgIpc) is 2.56. The number of benzene rings is 2. The lowest BCUT2D eigenvalue weighted by Gasteiger charge is -2.25. The summed E-state index contributed by atoms with van der Waals surface area (Å²) >= 11 is 5.11. The van der Waals surface area contributed by atoms with Crippen molar-refractivity contribution in [2.24, 2.45) is 0 Å². The van der Waals surface area contributed by atoms with Crippen molar-refractivity contribution >= 4 is 22.9 Å². The molecule has 0 aliphatic rings. The number of thiocarbonyl (C=S) groups is 1. The lowest BCUT2D eigenvalue weighted by atomic mass is 9.96. The van der Waals surface area contributed by atoms with Gasteiger partial charge in [0.1, 0.15) is 16.4 Å². The number of aliphatic hydroxyl groups is 1. The minimum atomic E-state index is -4.69. The largest absolute Gasteiger partial charge is 0.417 e. The van der Waals surface area contributed by atoms with Crippen LogP contribution in [0, 0.1) is 17.1 Å². The van der Waals surface area contributed by atoms with E-state index >= 15 is 0 Å². The maximum atomic E-state index is 13.0. The molecule has 0 amide bonds. The molecule has 3 nitrogen and oxygen atoms in total. The van der Waals surface area contributed by atoms with Gasteiger partial charge in [0.25, 0.3) is 0 Å². The van der Waals surface area contributed by atoms with Gasteiger partial charge in [0.2, 0.25) is 0 Å². The van der Waals surface area contributed by atoms with Crippen LogP contribution < -0.4 is 5.32 Å². The Kier molecular flexibility index (Phi) is 5.64. The highest BCUT2D eigenvalue weighted by molar-refractivity contribution is 7.80. The number of halogens is 4. The van der Waals surface area contributed by atoms with Crippen LogP contribution in [0.5, 0.6) is 0 Å². The molecule has 0 saturated heterocycles. The summed E-state index contributed by atoms with van der Waals surface area (Å²) in [7, 11) is 0. The monoisotopic (exact) mass is 382 g/mol. The van der Waals surface area contributed by atoms with Crippen LogP contribution in [-0.4, -0.2) is 15.7 Å². The first-order chi connectivity index (χ1) is 12.0. The zero-order valence-corrected chi connectivity index (χ0v) is 14.4. The molecule has 0 bridgehead atoms. The maximum absolute atomic E-state index is 13.0. The van der Waals surface area contributed by atoms with Crippen molar-refractivity contribution in [1.82, 2.24) is 0 Å². The highest BCUT2D eigenvalue weighted by atomic mass is 32.1. The summed E-state index contributed by atoms with van der Waals surface area (Å²) in [5.41, 5.74) is -2.56. The minimum Gasteiger partial charge on any atom is -0.383 e. The van der Waals surface area contributed by atoms with Gasteiger partial charge >= 0.3 is 6.18 Å². The van der Waals surface area contributed by atoms with E-state index in [1.807, 2.05) is 0 Å². The summed E-state index contributed by atoms with van der Waals surface area (Å²) in [4.78, 5) is -0.0975. The highest BCUT2D eigenvalue weighted by Gasteiger charge is 2.34. The first-order valence-electron chi connectivity index (χ1n) is 7.42. The Labute approximate surface area is 152 Å². The Balaban J connectivity index is 2.20. The number of anilines is 1. The second-order valence-electron chi connectivity index (χ2n) is 5.90. The predicted octanol–water partition coefficient (Wildman–Crippen LogP) is 4.45. The number of hydrogen-bond acceptors (Lipinski definition) is 3. The summed E-state index contributed by atoms with van der Waals surface area (Å²) in [6.07, 6.45) is -4.65. The number of alkyl halides is 3. The van der Waals surface area contributed by atoms with Gasteiger partial charge in [0, 0.05) is 12.1 Å². The molecule has 0 aliphatic heterocycles. The summed E-state index contributed by atoms with van der Waals surface area (Å²) in [5, 5.41) is 21.9. The highest BCUT2D eigenvalue weighted by Crippen LogP contribution is 2.33. The SMILES string of the molecule is CC(O)(Cc1ccc(F)cc1)C(=S)Nc1ccc(C#N)c(C(F)(F)F)c1. The van der Waals surface area contributed by atoms with E-state index in [0.29, 0.717) is 5.56 Å². The van der Waals surface area contributed by atoms with Crippen LogP contribution in [0.2, 0.25) is 0 Å². The zero-order chi connectivity index (χ0) is 19.5. The molecule has 0 aromatic heterocycles. The van der Waals surface area contributed by atoms with Crippen molar-refractivity contribution in [3.63, 3.8) is 0 Å². The van der Waals surface area contributed by atoms with Crippen LogP contribution in [0.25, 0.3) is 0 Å². The van der Waals surface area contributed by atoms with Crippen LogP contribution in [0.15, 0.2) is 42.5 Å². The molecule has 0 fully saturated rings. The second kappa shape index (κ2) is 7.40. The fourth-order valence-electron chi connectivity index (χ4n) is 2.30. The van der Waals surface area contributed by atoms with Crippen LogP contribution in [-0.2, 0) is 12.6 Å². The molecular weight excluding hydrogens is 368 g/mol. The Morgan fingerprint density at radius 3 is 2.35 bits per heavy atom. The van der Waals surface area contributed by atoms with Gasteiger partial charge in [-0.05, 0) is 42.8 Å². The average molecular weight is 382 g/mol. The van der Waals surface area contributed by atoms with Crippen molar-refractivity contribution in [3.8, 4) is 6.07 Å². The number of nitrogens with one attached hydrogen (secondary N) is 1. The normalized spacial score (nSPS) is 13.6. The van der Waals surface area contributed by atoms with Gasteiger partial charge in [0.15, 0.2) is 0 Å². The molecule has 0 aliphatic carbocycles. The summed E-state index contributed by atoms with van der Waals surface area (Å²) in [5.74, 6) is -0.425. The molecule has 8 heteroatoms. The fraction of sp³-hybridized carbons (Fsp3) is 0.222. The minimum absolute atomic E-state index is 0.000654. The smallest absolute Gasteiger partial charge is 0.383 e. The number of nitrogens with zero attached hydrogens (tertiary/aromatic N) is 1. The van der Waals surface area contributed by atoms with Gasteiger partial charge in [-0.1, -0.05) is 24.4 Å². The Hall–Kier alpha value is -2.50. The fourth-order valence-corrected chi connectivity index (χ4v) is 2.49. The number of rotatable bonds is 4. The summed E-state index contributed by atoms with van der Waals surface area (Å²) in [6.45, 7) is 1.40. The lowest BCUT2D eigenvalue weighted by Crippen LogP contribution is -2.40. The van der Waals surface area contributed by atoms with Gasteiger partial charge in [-0.3, -0.25) is 0 Å². The molecule has 0 spiro atoms. The molecule has 0 heterocycles. The third-order valence-electron chi connectivity index (χ3n) is 3.65. The van der Waals surface area contributed by atoms with Crippen LogP contribution in [0.3, 0.4) is 0 Å². The van der Waals surface area contributed by atoms with Gasteiger partial charge in [0.05, 0.1) is 17.2 Å². The molecule has 1 unspecified atom stereocenters. The molecular formula is C18H14F4N2OS. The van der Waals surface area contributed by atoms with E-state index in [9.17, 15) is 22.7 Å². The third kappa shape index (κ3) is 4.77. The maximum Gasteiger partial charge on any atom is 0.417 e.